The largest absolute Gasteiger partial charge is 0.508 e. The summed E-state index contributed by atoms with van der Waals surface area (Å²) in [7, 11) is 1.75. The molecule has 3 saturated heterocycles. The third-order valence-corrected chi connectivity index (χ3v) is 13.5. The van der Waals surface area contributed by atoms with E-state index in [4.69, 9.17) is 0 Å². The Balaban J connectivity index is 0.754. The fraction of sp³-hybridized carbons (Fsp3) is 0.426. The molecule has 0 bridgehead atoms. The van der Waals surface area contributed by atoms with Crippen molar-refractivity contribution in [3.63, 3.8) is 0 Å². The maximum atomic E-state index is 13.2. The van der Waals surface area contributed by atoms with Gasteiger partial charge in [-0.2, -0.15) is 0 Å². The van der Waals surface area contributed by atoms with Crippen molar-refractivity contribution in [2.45, 2.75) is 69.2 Å². The summed E-state index contributed by atoms with van der Waals surface area (Å²) < 4.78 is 3.16. The van der Waals surface area contributed by atoms with Crippen molar-refractivity contribution in [2.75, 3.05) is 55.6 Å². The molecule has 3 fully saturated rings. The normalized spacial score (nSPS) is 22.2. The lowest BCUT2D eigenvalue weighted by Gasteiger charge is -2.37. The minimum absolute atomic E-state index is 0.233. The van der Waals surface area contributed by atoms with Crippen LogP contribution in [0.1, 0.15) is 85.1 Å². The van der Waals surface area contributed by atoms with Gasteiger partial charge in [-0.25, -0.2) is 4.79 Å². The zero-order chi connectivity index (χ0) is 39.0. The van der Waals surface area contributed by atoms with Crippen LogP contribution in [0.5, 0.6) is 5.75 Å². The summed E-state index contributed by atoms with van der Waals surface area (Å²) in [5, 5.41) is 12.6. The van der Waals surface area contributed by atoms with Gasteiger partial charge in [0.15, 0.2) is 0 Å². The van der Waals surface area contributed by atoms with E-state index in [1.165, 1.54) is 53.6 Å². The second-order valence-electron chi connectivity index (χ2n) is 16.8. The van der Waals surface area contributed by atoms with Crippen LogP contribution in [-0.4, -0.2) is 76.8 Å². The molecule has 296 valence electrons. The van der Waals surface area contributed by atoms with E-state index in [0.717, 1.165) is 81.3 Å². The molecule has 3 aliphatic heterocycles. The number of piperazine rings is 1. The Hall–Kier alpha value is -5.35. The van der Waals surface area contributed by atoms with Gasteiger partial charge in [-0.3, -0.25) is 28.9 Å². The number of piperidine rings is 2. The lowest BCUT2D eigenvalue weighted by Crippen LogP contribution is -2.46. The van der Waals surface area contributed by atoms with E-state index in [-0.39, 0.29) is 23.9 Å². The lowest BCUT2D eigenvalue weighted by molar-refractivity contribution is -0.135. The molecule has 10 heteroatoms. The Bertz CT molecular complexity index is 2300. The van der Waals surface area contributed by atoms with Crippen LogP contribution in [0, 0.1) is 5.92 Å². The van der Waals surface area contributed by atoms with E-state index in [0.29, 0.717) is 18.1 Å². The maximum absolute atomic E-state index is 13.2. The summed E-state index contributed by atoms with van der Waals surface area (Å²) in [6.45, 7) is 7.25. The van der Waals surface area contributed by atoms with Crippen molar-refractivity contribution < 1.29 is 14.7 Å². The molecule has 57 heavy (non-hydrogen) atoms. The summed E-state index contributed by atoms with van der Waals surface area (Å²) >= 11 is 0. The highest BCUT2D eigenvalue weighted by Crippen LogP contribution is 2.47. The fourth-order valence-corrected chi connectivity index (χ4v) is 10.3. The third-order valence-electron chi connectivity index (χ3n) is 13.5. The van der Waals surface area contributed by atoms with Gasteiger partial charge in [0.1, 0.15) is 11.8 Å². The molecule has 1 aromatic heterocycles. The Morgan fingerprint density at radius 1 is 0.702 bits per heavy atom. The number of hydrogen-bond donors (Lipinski definition) is 2. The van der Waals surface area contributed by atoms with Crippen LogP contribution < -0.4 is 20.8 Å². The molecule has 0 spiro atoms. The lowest BCUT2D eigenvalue weighted by atomic mass is 9.69. The quantitative estimate of drug-likeness (QED) is 0.161. The number of aromatic hydroxyl groups is 1. The molecule has 4 aliphatic rings. The molecule has 3 atom stereocenters. The Morgan fingerprint density at radius 3 is 2.19 bits per heavy atom. The maximum Gasteiger partial charge on any atom is 0.329 e. The smallest absolute Gasteiger partial charge is 0.329 e. The zero-order valence-corrected chi connectivity index (χ0v) is 33.0. The van der Waals surface area contributed by atoms with E-state index in [1.807, 2.05) is 18.2 Å². The summed E-state index contributed by atoms with van der Waals surface area (Å²) in [4.78, 5) is 45.1. The van der Waals surface area contributed by atoms with Gasteiger partial charge in [-0.05, 0) is 128 Å². The van der Waals surface area contributed by atoms with Crippen LogP contribution in [-0.2, 0) is 23.1 Å². The number of nitrogens with zero attached hydrogens (tertiary/aromatic N) is 5. The van der Waals surface area contributed by atoms with Gasteiger partial charge >= 0.3 is 5.69 Å². The van der Waals surface area contributed by atoms with Gasteiger partial charge in [0, 0.05) is 70.0 Å². The number of aromatic nitrogens is 2. The third kappa shape index (κ3) is 7.47. The Morgan fingerprint density at radius 2 is 1.44 bits per heavy atom. The van der Waals surface area contributed by atoms with Crippen molar-refractivity contribution in [3.8, 4) is 5.75 Å². The van der Waals surface area contributed by atoms with Crippen LogP contribution >= 0.6 is 0 Å². The van der Waals surface area contributed by atoms with Crippen molar-refractivity contribution in [3.05, 3.63) is 124 Å². The predicted molar refractivity (Wildman–Crippen MR) is 225 cm³/mol. The minimum Gasteiger partial charge on any atom is -0.508 e. The summed E-state index contributed by atoms with van der Waals surface area (Å²) in [5.41, 5.74) is 9.07. The first-order valence-corrected chi connectivity index (χ1v) is 21.0. The van der Waals surface area contributed by atoms with Gasteiger partial charge in [0.2, 0.25) is 11.8 Å². The van der Waals surface area contributed by atoms with Crippen molar-refractivity contribution >= 4 is 34.2 Å². The van der Waals surface area contributed by atoms with Crippen LogP contribution in [0.25, 0.3) is 11.0 Å². The SMILES string of the molecule is Cn1c(=O)n(C2CCC(=O)NC2=O)c2ccc(N3CCN(CCCC4CCN(c5ccc([C@@H]6c7ccc(O)cc7CC[C@@H]6c6ccccc6)cc5)CC4)CC3)cc21. The van der Waals surface area contributed by atoms with Gasteiger partial charge in [-0.1, -0.05) is 48.5 Å². The van der Waals surface area contributed by atoms with Crippen LogP contribution in [0.4, 0.5) is 11.4 Å². The first kappa shape index (κ1) is 37.2. The molecule has 2 N–H and O–H groups in total. The molecule has 1 unspecified atom stereocenters. The predicted octanol–water partition coefficient (Wildman–Crippen LogP) is 6.70. The highest BCUT2D eigenvalue weighted by molar-refractivity contribution is 6.00. The highest BCUT2D eigenvalue weighted by atomic mass is 16.3. The number of hydrogen-bond acceptors (Lipinski definition) is 7. The van der Waals surface area contributed by atoms with Crippen LogP contribution in [0.3, 0.4) is 0 Å². The number of anilines is 2. The number of rotatable bonds is 9. The number of benzene rings is 4. The van der Waals surface area contributed by atoms with Gasteiger partial charge in [0.25, 0.3) is 0 Å². The second-order valence-corrected chi connectivity index (χ2v) is 16.8. The van der Waals surface area contributed by atoms with E-state index in [2.05, 4.69) is 92.8 Å². The number of carbonyl (C=O) groups excluding carboxylic acids is 2. The molecule has 4 aromatic carbocycles. The molecule has 0 radical (unpaired) electrons. The number of amides is 2. The van der Waals surface area contributed by atoms with E-state index in [9.17, 15) is 19.5 Å². The number of aryl methyl sites for hydroxylation is 2. The topological polar surface area (TPSA) is 103 Å². The average molecular weight is 767 g/mol. The number of imidazole rings is 1. The first-order valence-electron chi connectivity index (χ1n) is 21.0. The highest BCUT2D eigenvalue weighted by Gasteiger charge is 2.33. The van der Waals surface area contributed by atoms with Gasteiger partial charge in [-0.15, -0.1) is 0 Å². The van der Waals surface area contributed by atoms with Crippen molar-refractivity contribution in [1.29, 1.82) is 0 Å². The Labute approximate surface area is 334 Å². The Kier molecular flexibility index (Phi) is 10.4. The monoisotopic (exact) mass is 766 g/mol. The molecule has 0 saturated carbocycles. The number of fused-ring (bicyclic) bond motifs is 2. The molecule has 1 aliphatic carbocycles. The van der Waals surface area contributed by atoms with Gasteiger partial charge in [0.05, 0.1) is 11.0 Å². The molecule has 5 aromatic rings. The second kappa shape index (κ2) is 15.9. The van der Waals surface area contributed by atoms with E-state index < -0.39 is 11.9 Å². The fourth-order valence-electron chi connectivity index (χ4n) is 10.3. The number of carbonyl (C=O) groups is 2. The van der Waals surface area contributed by atoms with Crippen LogP contribution in [0.2, 0.25) is 0 Å². The molecule has 9 rings (SSSR count). The average Bonchev–Trinajstić information content (AvgIpc) is 3.49. The number of phenols is 1. The molecular weight excluding hydrogens is 713 g/mol. The number of imide groups is 1. The summed E-state index contributed by atoms with van der Waals surface area (Å²) in [5.74, 6) is 1.12. The van der Waals surface area contributed by atoms with Crippen molar-refractivity contribution in [2.24, 2.45) is 13.0 Å². The van der Waals surface area contributed by atoms with Crippen molar-refractivity contribution in [1.82, 2.24) is 19.4 Å². The molecule has 4 heterocycles. The first-order chi connectivity index (χ1) is 27.8. The summed E-state index contributed by atoms with van der Waals surface area (Å²) in [6, 6.07) is 31.7. The van der Waals surface area contributed by atoms with E-state index in [1.54, 1.807) is 16.2 Å². The van der Waals surface area contributed by atoms with Crippen LogP contribution in [0.15, 0.2) is 95.8 Å². The molecular formula is C47H54N6O4. The number of nitrogens with one attached hydrogen (secondary N) is 1. The minimum atomic E-state index is -0.670. The van der Waals surface area contributed by atoms with Gasteiger partial charge < -0.3 is 14.9 Å². The number of phenolic OH excluding ortho intramolecular Hbond substituents is 1. The molecule has 10 nitrogen and oxygen atoms in total. The zero-order valence-electron chi connectivity index (χ0n) is 33.0. The standard InChI is InChI=1S/C47H54N6O4/c1-49-43-31-37(14-18-41(43)53(47(49)57)42-19-20-44(55)48-46(42)56)52-28-26-50(27-29-52)23-5-6-32-21-24-51(25-22-32)36-12-9-34(10-13-36)45-39(33-7-3-2-4-8-33)16-11-35-30-38(54)15-17-40(35)45/h2-4,7-10,12-15,17-18,30-32,39,42,45,54H,5-6,11,16,19-29H2,1H3,(H,48,55,56)/t39-,42?,45+/m1/s1. The van der Waals surface area contributed by atoms with E-state index >= 15 is 0 Å². The molecule has 2 amide bonds. The summed E-state index contributed by atoms with van der Waals surface area (Å²) in [6.07, 6.45) is 7.61.